The maximum atomic E-state index is 10.6. The monoisotopic (exact) mass is 182 g/mol. The molecule has 0 aromatic rings. The molecule has 13 heavy (non-hydrogen) atoms. The Hall–Kier alpha value is -1.01. The highest BCUT2D eigenvalue weighted by Crippen LogP contribution is 1.93. The van der Waals surface area contributed by atoms with E-state index in [1.807, 2.05) is 6.92 Å². The second kappa shape index (κ2) is 7.63. The van der Waals surface area contributed by atoms with Crippen LogP contribution < -0.4 is 11.1 Å². The molecule has 3 N–H and O–H groups in total. The van der Waals surface area contributed by atoms with Crippen LogP contribution >= 0.6 is 0 Å². The zero-order valence-electron chi connectivity index (χ0n) is 8.18. The summed E-state index contributed by atoms with van der Waals surface area (Å²) < 4.78 is 0. The minimum absolute atomic E-state index is 0.0902. The predicted octanol–water partition coefficient (Wildman–Crippen LogP) is 0.501. The topological polar surface area (TPSA) is 55.1 Å². The van der Waals surface area contributed by atoms with Gasteiger partial charge in [0.15, 0.2) is 0 Å². The van der Waals surface area contributed by atoms with Crippen molar-refractivity contribution in [3.8, 4) is 12.3 Å². The molecule has 0 aliphatic heterocycles. The van der Waals surface area contributed by atoms with Crippen LogP contribution in [0.3, 0.4) is 0 Å². The van der Waals surface area contributed by atoms with Crippen LogP contribution in [0.5, 0.6) is 0 Å². The number of carbonyl (C=O) groups is 1. The Labute approximate surface area is 80.1 Å². The molecule has 1 amide bonds. The van der Waals surface area contributed by atoms with Gasteiger partial charge in [0.1, 0.15) is 0 Å². The minimum atomic E-state index is -0.254. The third kappa shape index (κ3) is 7.35. The molecule has 0 aliphatic rings. The van der Waals surface area contributed by atoms with E-state index in [1.165, 1.54) is 0 Å². The van der Waals surface area contributed by atoms with Gasteiger partial charge in [-0.1, -0.05) is 6.92 Å². The molecule has 74 valence electrons. The van der Waals surface area contributed by atoms with Crippen molar-refractivity contribution in [1.82, 2.24) is 5.32 Å². The third-order valence-corrected chi connectivity index (χ3v) is 1.86. The van der Waals surface area contributed by atoms with Crippen LogP contribution in [0.1, 0.15) is 26.2 Å². The Kier molecular flexibility index (Phi) is 7.04. The molecule has 0 bridgehead atoms. The molecule has 0 spiro atoms. The van der Waals surface area contributed by atoms with Gasteiger partial charge in [0.05, 0.1) is 0 Å². The first kappa shape index (κ1) is 12.0. The molecule has 0 saturated heterocycles. The van der Waals surface area contributed by atoms with E-state index in [4.69, 9.17) is 12.2 Å². The summed E-state index contributed by atoms with van der Waals surface area (Å²) >= 11 is 0. The van der Waals surface area contributed by atoms with Crippen molar-refractivity contribution in [2.24, 2.45) is 11.7 Å². The van der Waals surface area contributed by atoms with Gasteiger partial charge in [-0.25, -0.2) is 0 Å². The normalized spacial score (nSPS) is 12.0. The highest BCUT2D eigenvalue weighted by atomic mass is 16.1. The summed E-state index contributed by atoms with van der Waals surface area (Å²) in [4.78, 5) is 10.6. The van der Waals surface area contributed by atoms with Gasteiger partial charge < -0.3 is 11.1 Å². The number of nitrogens with two attached hydrogens (primary N) is 1. The molecule has 0 rings (SSSR count). The van der Waals surface area contributed by atoms with Crippen molar-refractivity contribution in [3.63, 3.8) is 0 Å². The van der Waals surface area contributed by atoms with Crippen LogP contribution in [0.2, 0.25) is 0 Å². The van der Waals surface area contributed by atoms with Crippen LogP contribution in [0.25, 0.3) is 0 Å². The molecule has 3 nitrogen and oxygen atoms in total. The minimum Gasteiger partial charge on any atom is -0.369 e. The number of hydrogen-bond acceptors (Lipinski definition) is 2. The lowest BCUT2D eigenvalue weighted by Crippen LogP contribution is -2.31. The zero-order valence-corrected chi connectivity index (χ0v) is 8.18. The first-order valence-corrected chi connectivity index (χ1v) is 4.62. The van der Waals surface area contributed by atoms with Crippen molar-refractivity contribution < 1.29 is 4.79 Å². The van der Waals surface area contributed by atoms with Gasteiger partial charge in [-0.05, 0) is 19.4 Å². The highest BCUT2D eigenvalue weighted by molar-refractivity contribution is 5.76. The lowest BCUT2D eigenvalue weighted by atomic mass is 10.1. The molecule has 0 aromatic carbocycles. The van der Waals surface area contributed by atoms with Crippen LogP contribution in [-0.4, -0.2) is 19.0 Å². The Bertz CT molecular complexity index is 184. The summed E-state index contributed by atoms with van der Waals surface area (Å²) in [7, 11) is 0. The molecule has 1 unspecified atom stereocenters. The standard InChI is InChI=1S/C10H18N2O/c1-3-4-5-6-7-12-8-9(2)10(11)13/h1,9,12H,4-8H2,2H3,(H2,11,13). The number of unbranched alkanes of at least 4 members (excludes halogenated alkanes) is 2. The fourth-order valence-corrected chi connectivity index (χ4v) is 0.896. The summed E-state index contributed by atoms with van der Waals surface area (Å²) in [5.41, 5.74) is 5.09. The van der Waals surface area contributed by atoms with Gasteiger partial charge in [0.25, 0.3) is 0 Å². The Morgan fingerprint density at radius 1 is 1.62 bits per heavy atom. The summed E-state index contributed by atoms with van der Waals surface area (Å²) in [6, 6.07) is 0. The maximum Gasteiger partial charge on any atom is 0.221 e. The van der Waals surface area contributed by atoms with Crippen molar-refractivity contribution in [2.75, 3.05) is 13.1 Å². The van der Waals surface area contributed by atoms with E-state index in [9.17, 15) is 4.79 Å². The number of rotatable bonds is 7. The number of hydrogen-bond donors (Lipinski definition) is 2. The molecule has 0 heterocycles. The largest absolute Gasteiger partial charge is 0.369 e. The molecule has 0 fully saturated rings. The van der Waals surface area contributed by atoms with Gasteiger partial charge in [0.2, 0.25) is 5.91 Å². The Morgan fingerprint density at radius 2 is 2.31 bits per heavy atom. The molecule has 0 radical (unpaired) electrons. The number of nitrogens with one attached hydrogen (secondary N) is 1. The molecule has 3 heteroatoms. The fourth-order valence-electron chi connectivity index (χ4n) is 0.896. The van der Waals surface area contributed by atoms with Crippen LogP contribution in [0.15, 0.2) is 0 Å². The average molecular weight is 182 g/mol. The van der Waals surface area contributed by atoms with E-state index in [2.05, 4.69) is 11.2 Å². The molecule has 0 saturated carbocycles. The number of primary amides is 1. The fraction of sp³-hybridized carbons (Fsp3) is 0.700. The summed E-state index contributed by atoms with van der Waals surface area (Å²) in [5.74, 6) is 2.24. The summed E-state index contributed by atoms with van der Waals surface area (Å²) in [5, 5.41) is 3.16. The van der Waals surface area contributed by atoms with Crippen LogP contribution in [0, 0.1) is 18.3 Å². The van der Waals surface area contributed by atoms with E-state index in [0.717, 1.165) is 25.8 Å². The molecule has 1 atom stereocenters. The van der Waals surface area contributed by atoms with E-state index in [1.54, 1.807) is 0 Å². The summed E-state index contributed by atoms with van der Waals surface area (Å²) in [6.07, 6.45) is 8.01. The van der Waals surface area contributed by atoms with Gasteiger partial charge >= 0.3 is 0 Å². The lowest BCUT2D eigenvalue weighted by Gasteiger charge is -2.07. The first-order valence-electron chi connectivity index (χ1n) is 4.62. The van der Waals surface area contributed by atoms with Gasteiger partial charge in [-0.2, -0.15) is 0 Å². The number of amides is 1. The maximum absolute atomic E-state index is 10.6. The Morgan fingerprint density at radius 3 is 2.85 bits per heavy atom. The van der Waals surface area contributed by atoms with Gasteiger partial charge in [-0.3, -0.25) is 4.79 Å². The molecule has 0 aliphatic carbocycles. The lowest BCUT2D eigenvalue weighted by molar-refractivity contribution is -0.121. The molecule has 0 aromatic heterocycles. The number of terminal acetylenes is 1. The van der Waals surface area contributed by atoms with Crippen molar-refractivity contribution in [1.29, 1.82) is 0 Å². The van der Waals surface area contributed by atoms with E-state index in [-0.39, 0.29) is 11.8 Å². The van der Waals surface area contributed by atoms with Crippen LogP contribution in [-0.2, 0) is 4.79 Å². The second-order valence-electron chi connectivity index (χ2n) is 3.17. The smallest absolute Gasteiger partial charge is 0.221 e. The van der Waals surface area contributed by atoms with E-state index in [0.29, 0.717) is 6.54 Å². The highest BCUT2D eigenvalue weighted by Gasteiger charge is 2.06. The van der Waals surface area contributed by atoms with E-state index < -0.39 is 0 Å². The Balaban J connectivity index is 3.17. The van der Waals surface area contributed by atoms with E-state index >= 15 is 0 Å². The quantitative estimate of drug-likeness (QED) is 0.445. The zero-order chi connectivity index (χ0) is 10.1. The first-order chi connectivity index (χ1) is 6.18. The van der Waals surface area contributed by atoms with Gasteiger partial charge in [0, 0.05) is 18.9 Å². The average Bonchev–Trinajstić information content (AvgIpc) is 2.10. The second-order valence-corrected chi connectivity index (χ2v) is 3.17. The number of carbonyl (C=O) groups excluding carboxylic acids is 1. The molecular weight excluding hydrogens is 164 g/mol. The molecular formula is C10H18N2O. The van der Waals surface area contributed by atoms with Crippen LogP contribution in [0.4, 0.5) is 0 Å². The van der Waals surface area contributed by atoms with Crippen molar-refractivity contribution in [2.45, 2.75) is 26.2 Å². The predicted molar refractivity (Wildman–Crippen MR) is 53.9 cm³/mol. The van der Waals surface area contributed by atoms with Crippen molar-refractivity contribution in [3.05, 3.63) is 0 Å². The SMILES string of the molecule is C#CCCCCNCC(C)C(N)=O. The third-order valence-electron chi connectivity index (χ3n) is 1.86. The summed E-state index contributed by atoms with van der Waals surface area (Å²) in [6.45, 7) is 3.38. The van der Waals surface area contributed by atoms with Crippen molar-refractivity contribution >= 4 is 5.91 Å². The van der Waals surface area contributed by atoms with Gasteiger partial charge in [-0.15, -0.1) is 12.3 Å².